The zero-order chi connectivity index (χ0) is 17.8. The lowest BCUT2D eigenvalue weighted by Gasteiger charge is -2.26. The van der Waals surface area contributed by atoms with Crippen LogP contribution >= 0.6 is 11.3 Å². The Morgan fingerprint density at radius 2 is 2.04 bits per heavy atom. The maximum absolute atomic E-state index is 12.2. The van der Waals surface area contributed by atoms with Crippen molar-refractivity contribution in [1.82, 2.24) is 15.3 Å². The molecule has 0 spiro atoms. The van der Waals surface area contributed by atoms with Crippen LogP contribution in [-0.4, -0.2) is 35.1 Å². The highest BCUT2D eigenvalue weighted by Crippen LogP contribution is 2.30. The lowest BCUT2D eigenvalue weighted by molar-refractivity contribution is -0.121. The van der Waals surface area contributed by atoms with Gasteiger partial charge in [0, 0.05) is 11.6 Å². The predicted octanol–water partition coefficient (Wildman–Crippen LogP) is 2.70. The van der Waals surface area contributed by atoms with Gasteiger partial charge in [0.2, 0.25) is 5.91 Å². The summed E-state index contributed by atoms with van der Waals surface area (Å²) in [4.78, 5) is 20.9. The third-order valence-electron chi connectivity index (χ3n) is 3.87. The van der Waals surface area contributed by atoms with Crippen LogP contribution in [0.3, 0.4) is 0 Å². The van der Waals surface area contributed by atoms with E-state index >= 15 is 0 Å². The molecule has 6 nitrogen and oxygen atoms in total. The van der Waals surface area contributed by atoms with Crippen LogP contribution in [0.1, 0.15) is 5.69 Å². The van der Waals surface area contributed by atoms with Crippen molar-refractivity contribution in [3.63, 3.8) is 0 Å². The number of ether oxygens (including phenoxy) is 2. The van der Waals surface area contributed by atoms with E-state index in [4.69, 9.17) is 9.47 Å². The minimum Gasteiger partial charge on any atom is -0.486 e. The number of hydrogen-bond donors (Lipinski definition) is 1. The van der Waals surface area contributed by atoms with Gasteiger partial charge in [-0.3, -0.25) is 9.78 Å². The second-order valence-electron chi connectivity index (χ2n) is 5.84. The highest BCUT2D eigenvalue weighted by Gasteiger charge is 2.21. The van der Waals surface area contributed by atoms with Crippen LogP contribution in [0.25, 0.3) is 10.7 Å². The maximum Gasteiger partial charge on any atom is 0.226 e. The minimum absolute atomic E-state index is 0.0923. The lowest BCUT2D eigenvalue weighted by Crippen LogP contribution is -2.41. The number of amides is 1. The molecule has 1 atom stereocenters. The first kappa shape index (κ1) is 16.5. The van der Waals surface area contributed by atoms with Crippen LogP contribution in [0.5, 0.6) is 11.5 Å². The Balaban J connectivity index is 1.29. The van der Waals surface area contributed by atoms with Crippen molar-refractivity contribution in [3.05, 3.63) is 59.7 Å². The van der Waals surface area contributed by atoms with E-state index < -0.39 is 0 Å². The van der Waals surface area contributed by atoms with E-state index in [0.29, 0.717) is 18.9 Å². The number of hydrogen-bond acceptors (Lipinski definition) is 6. The van der Waals surface area contributed by atoms with Gasteiger partial charge in [0.05, 0.1) is 24.4 Å². The van der Waals surface area contributed by atoms with Gasteiger partial charge in [-0.1, -0.05) is 18.2 Å². The summed E-state index contributed by atoms with van der Waals surface area (Å²) in [6.07, 6.45) is 1.76. The van der Waals surface area contributed by atoms with Crippen molar-refractivity contribution in [2.45, 2.75) is 12.5 Å². The Morgan fingerprint density at radius 3 is 2.88 bits per heavy atom. The van der Waals surface area contributed by atoms with E-state index in [1.54, 1.807) is 6.20 Å². The predicted molar refractivity (Wildman–Crippen MR) is 98.4 cm³/mol. The molecule has 0 saturated carbocycles. The minimum atomic E-state index is -0.201. The van der Waals surface area contributed by atoms with E-state index in [2.05, 4.69) is 15.3 Å². The summed E-state index contributed by atoms with van der Waals surface area (Å²) in [7, 11) is 0. The quantitative estimate of drug-likeness (QED) is 0.751. The first-order valence-corrected chi connectivity index (χ1v) is 9.17. The summed E-state index contributed by atoms with van der Waals surface area (Å²) in [5.41, 5.74) is 1.55. The standard InChI is InChI=1S/C19H17N3O3S/c23-18(9-13-12-26-19(22-13)15-5-3-4-8-20-15)21-10-14-11-24-16-6-1-2-7-17(16)25-14/h1-8,12,14H,9-11H2,(H,21,23)/t14-/m1/s1. The van der Waals surface area contributed by atoms with Crippen molar-refractivity contribution in [2.75, 3.05) is 13.2 Å². The van der Waals surface area contributed by atoms with Crippen molar-refractivity contribution < 1.29 is 14.3 Å². The molecule has 2 aromatic heterocycles. The second kappa shape index (κ2) is 7.53. The third-order valence-corrected chi connectivity index (χ3v) is 4.79. The molecule has 0 fully saturated rings. The zero-order valence-electron chi connectivity index (χ0n) is 13.9. The summed E-state index contributed by atoms with van der Waals surface area (Å²) in [6, 6.07) is 13.2. The summed E-state index contributed by atoms with van der Waals surface area (Å²) < 4.78 is 11.5. The number of para-hydroxylation sites is 2. The normalized spacial score (nSPS) is 15.5. The van der Waals surface area contributed by atoms with Crippen molar-refractivity contribution in [2.24, 2.45) is 0 Å². The summed E-state index contributed by atoms with van der Waals surface area (Å²) in [5, 5.41) is 5.59. The molecule has 3 heterocycles. The number of nitrogens with zero attached hydrogens (tertiary/aromatic N) is 2. The Morgan fingerprint density at radius 1 is 1.19 bits per heavy atom. The molecule has 1 N–H and O–H groups in total. The Hall–Kier alpha value is -2.93. The number of aromatic nitrogens is 2. The highest BCUT2D eigenvalue weighted by molar-refractivity contribution is 7.13. The lowest BCUT2D eigenvalue weighted by atomic mass is 10.2. The van der Waals surface area contributed by atoms with Crippen LogP contribution in [0, 0.1) is 0 Å². The molecule has 0 radical (unpaired) electrons. The van der Waals surface area contributed by atoms with Gasteiger partial charge in [-0.25, -0.2) is 4.98 Å². The summed E-state index contributed by atoms with van der Waals surface area (Å²) >= 11 is 1.48. The smallest absolute Gasteiger partial charge is 0.226 e. The molecule has 7 heteroatoms. The molecule has 0 saturated heterocycles. The van der Waals surface area contributed by atoms with Crippen LogP contribution in [0.4, 0.5) is 0 Å². The van der Waals surface area contributed by atoms with Gasteiger partial charge in [0.15, 0.2) is 11.5 Å². The van der Waals surface area contributed by atoms with Gasteiger partial charge in [-0.2, -0.15) is 0 Å². The third kappa shape index (κ3) is 3.83. The molecule has 26 heavy (non-hydrogen) atoms. The fraction of sp³-hybridized carbons (Fsp3) is 0.211. The van der Waals surface area contributed by atoms with E-state index in [0.717, 1.165) is 22.1 Å². The average Bonchev–Trinajstić information content (AvgIpc) is 3.15. The Bertz CT molecular complexity index is 898. The molecule has 4 rings (SSSR count). The summed E-state index contributed by atoms with van der Waals surface area (Å²) in [6.45, 7) is 0.808. The SMILES string of the molecule is O=C(Cc1csc(-c2ccccn2)n1)NC[C@@H]1COc2ccccc2O1. The number of benzene rings is 1. The van der Waals surface area contributed by atoms with Gasteiger partial charge >= 0.3 is 0 Å². The number of fused-ring (bicyclic) bond motifs is 1. The molecular formula is C19H17N3O3S. The van der Waals surface area contributed by atoms with E-state index in [9.17, 15) is 4.79 Å². The van der Waals surface area contributed by atoms with Gasteiger partial charge in [-0.05, 0) is 24.3 Å². The monoisotopic (exact) mass is 367 g/mol. The number of thiazole rings is 1. The largest absolute Gasteiger partial charge is 0.486 e. The molecule has 1 aliphatic rings. The molecule has 0 unspecified atom stereocenters. The van der Waals surface area contributed by atoms with E-state index in [-0.39, 0.29) is 18.4 Å². The number of carbonyl (C=O) groups excluding carboxylic acids is 1. The van der Waals surface area contributed by atoms with Crippen molar-refractivity contribution in [3.8, 4) is 22.2 Å². The first-order valence-electron chi connectivity index (χ1n) is 8.29. The molecule has 0 bridgehead atoms. The molecule has 132 valence electrons. The zero-order valence-corrected chi connectivity index (χ0v) is 14.7. The number of rotatable bonds is 5. The number of nitrogens with one attached hydrogen (secondary N) is 1. The first-order chi connectivity index (χ1) is 12.8. The highest BCUT2D eigenvalue weighted by atomic mass is 32.1. The fourth-order valence-corrected chi connectivity index (χ4v) is 3.41. The van der Waals surface area contributed by atoms with Crippen molar-refractivity contribution >= 4 is 17.2 Å². The number of carbonyl (C=O) groups is 1. The van der Waals surface area contributed by atoms with Gasteiger partial charge in [0.25, 0.3) is 0 Å². The van der Waals surface area contributed by atoms with E-state index in [1.807, 2.05) is 47.8 Å². The van der Waals surface area contributed by atoms with Crippen LogP contribution < -0.4 is 14.8 Å². The Labute approximate surface area is 154 Å². The topological polar surface area (TPSA) is 73.3 Å². The fourth-order valence-electron chi connectivity index (χ4n) is 2.61. The maximum atomic E-state index is 12.2. The van der Waals surface area contributed by atoms with Crippen LogP contribution in [0.2, 0.25) is 0 Å². The van der Waals surface area contributed by atoms with Gasteiger partial charge in [0.1, 0.15) is 17.7 Å². The van der Waals surface area contributed by atoms with E-state index in [1.165, 1.54) is 11.3 Å². The molecule has 1 aliphatic heterocycles. The van der Waals surface area contributed by atoms with Crippen LogP contribution in [0.15, 0.2) is 54.0 Å². The summed E-state index contributed by atoms with van der Waals surface area (Å²) in [5.74, 6) is 1.35. The molecular weight excluding hydrogens is 350 g/mol. The average molecular weight is 367 g/mol. The molecule has 0 aliphatic carbocycles. The second-order valence-corrected chi connectivity index (χ2v) is 6.70. The number of pyridine rings is 1. The van der Waals surface area contributed by atoms with Crippen molar-refractivity contribution in [1.29, 1.82) is 0 Å². The van der Waals surface area contributed by atoms with Crippen LogP contribution in [-0.2, 0) is 11.2 Å². The molecule has 1 aromatic carbocycles. The Kier molecular flexibility index (Phi) is 4.79. The van der Waals surface area contributed by atoms with Gasteiger partial charge in [-0.15, -0.1) is 11.3 Å². The molecule has 3 aromatic rings. The van der Waals surface area contributed by atoms with Gasteiger partial charge < -0.3 is 14.8 Å². The molecule has 1 amide bonds.